The second-order valence-corrected chi connectivity index (χ2v) is 8.49. The maximum Gasteiger partial charge on any atom is 0.270 e. The Morgan fingerprint density at radius 1 is 1.36 bits per heavy atom. The zero-order valence-corrected chi connectivity index (χ0v) is 15.5. The number of rotatable bonds is 4. The van der Waals surface area contributed by atoms with Crippen LogP contribution in [-0.4, -0.2) is 30.1 Å². The van der Waals surface area contributed by atoms with Gasteiger partial charge in [-0.25, -0.2) is 9.37 Å². The molecule has 3 aromatic rings. The molecule has 0 bridgehead atoms. The maximum absolute atomic E-state index is 13.5. The number of carbonyl (C=O) groups excluding carboxylic acids is 1. The van der Waals surface area contributed by atoms with E-state index in [1.54, 1.807) is 23.1 Å². The molecule has 1 unspecified atom stereocenters. The first-order valence-corrected chi connectivity index (χ1v) is 9.86. The van der Waals surface area contributed by atoms with Gasteiger partial charge in [0, 0.05) is 6.61 Å². The summed E-state index contributed by atoms with van der Waals surface area (Å²) < 4.78 is 20.4. The molecule has 1 aliphatic heterocycles. The van der Waals surface area contributed by atoms with Crippen LogP contribution < -0.4 is 4.90 Å². The number of nitrogens with zero attached hydrogens (tertiary/aromatic N) is 2. The number of hydrogen-bond acceptors (Lipinski definition) is 5. The predicted octanol–water partition coefficient (Wildman–Crippen LogP) is 4.98. The van der Waals surface area contributed by atoms with Crippen LogP contribution in [0.15, 0.2) is 30.3 Å². The Morgan fingerprint density at radius 3 is 2.96 bits per heavy atom. The molecule has 3 heterocycles. The van der Waals surface area contributed by atoms with E-state index in [1.165, 1.54) is 34.8 Å². The van der Waals surface area contributed by atoms with Crippen LogP contribution in [-0.2, 0) is 4.74 Å². The van der Waals surface area contributed by atoms with Gasteiger partial charge in [0.1, 0.15) is 5.82 Å². The van der Waals surface area contributed by atoms with Gasteiger partial charge >= 0.3 is 0 Å². The Balaban J connectivity index is 1.70. The highest BCUT2D eigenvalue weighted by atomic mass is 35.5. The second kappa shape index (κ2) is 6.99. The molecule has 2 aromatic heterocycles. The van der Waals surface area contributed by atoms with E-state index in [0.717, 1.165) is 12.8 Å². The molecule has 0 N–H and O–H groups in total. The Hall–Kier alpha value is -1.54. The zero-order chi connectivity index (χ0) is 17.4. The van der Waals surface area contributed by atoms with Gasteiger partial charge in [-0.3, -0.25) is 9.69 Å². The van der Waals surface area contributed by atoms with Crippen molar-refractivity contribution in [3.05, 3.63) is 45.4 Å². The minimum atomic E-state index is -0.315. The second-order valence-electron chi connectivity index (χ2n) is 5.76. The van der Waals surface area contributed by atoms with Crippen LogP contribution >= 0.6 is 34.3 Å². The van der Waals surface area contributed by atoms with Gasteiger partial charge in [0.2, 0.25) is 0 Å². The predicted molar refractivity (Wildman–Crippen MR) is 99.6 cm³/mol. The summed E-state index contributed by atoms with van der Waals surface area (Å²) in [5.74, 6) is -0.475. The average Bonchev–Trinajstić information content (AvgIpc) is 3.31. The first kappa shape index (κ1) is 16.9. The largest absolute Gasteiger partial charge is 0.376 e. The number of benzene rings is 1. The molecular weight excluding hydrogens is 383 g/mol. The summed E-state index contributed by atoms with van der Waals surface area (Å²) in [4.78, 5) is 19.7. The minimum absolute atomic E-state index is 0.0110. The number of carbonyl (C=O) groups is 1. The first-order chi connectivity index (χ1) is 12.1. The van der Waals surface area contributed by atoms with E-state index < -0.39 is 0 Å². The van der Waals surface area contributed by atoms with Crippen molar-refractivity contribution in [2.24, 2.45) is 0 Å². The van der Waals surface area contributed by atoms with Crippen molar-refractivity contribution < 1.29 is 13.9 Å². The van der Waals surface area contributed by atoms with Crippen LogP contribution in [0.3, 0.4) is 0 Å². The topological polar surface area (TPSA) is 42.4 Å². The Bertz CT molecular complexity index is 920. The van der Waals surface area contributed by atoms with Gasteiger partial charge in [0.05, 0.1) is 32.1 Å². The van der Waals surface area contributed by atoms with E-state index in [-0.39, 0.29) is 17.8 Å². The lowest BCUT2D eigenvalue weighted by molar-refractivity contribution is 0.0920. The van der Waals surface area contributed by atoms with Crippen LogP contribution in [0, 0.1) is 5.82 Å². The number of halogens is 2. The molecule has 0 radical (unpaired) electrons. The third-order valence-corrected chi connectivity index (χ3v) is 6.27. The van der Waals surface area contributed by atoms with Gasteiger partial charge in [-0.05, 0) is 43.2 Å². The van der Waals surface area contributed by atoms with Crippen LogP contribution in [0.5, 0.6) is 0 Å². The fourth-order valence-electron chi connectivity index (χ4n) is 2.80. The van der Waals surface area contributed by atoms with Crippen LogP contribution in [0.4, 0.5) is 9.52 Å². The number of thiazole rings is 1. The SMILES string of the molecule is O=C(c1ccc(Cl)s1)N(CC1CCCO1)c1nc2ccc(F)cc2s1. The maximum atomic E-state index is 13.5. The summed E-state index contributed by atoms with van der Waals surface area (Å²) in [6, 6.07) is 7.86. The third-order valence-electron chi connectivity index (χ3n) is 4.01. The third kappa shape index (κ3) is 3.55. The lowest BCUT2D eigenvalue weighted by Gasteiger charge is -2.22. The van der Waals surface area contributed by atoms with Crippen LogP contribution in [0.1, 0.15) is 22.5 Å². The molecule has 25 heavy (non-hydrogen) atoms. The molecule has 4 nitrogen and oxygen atoms in total. The number of hydrogen-bond donors (Lipinski definition) is 0. The number of anilines is 1. The highest BCUT2D eigenvalue weighted by Crippen LogP contribution is 2.32. The highest BCUT2D eigenvalue weighted by molar-refractivity contribution is 7.22. The summed E-state index contributed by atoms with van der Waals surface area (Å²) in [5.41, 5.74) is 0.677. The van der Waals surface area contributed by atoms with Crippen molar-refractivity contribution in [2.45, 2.75) is 18.9 Å². The molecule has 1 aliphatic rings. The van der Waals surface area contributed by atoms with Crippen molar-refractivity contribution in [3.63, 3.8) is 0 Å². The Kier molecular flexibility index (Phi) is 4.73. The van der Waals surface area contributed by atoms with Crippen molar-refractivity contribution in [1.82, 2.24) is 4.98 Å². The normalized spacial score (nSPS) is 17.3. The molecule has 0 saturated carbocycles. The quantitative estimate of drug-likeness (QED) is 0.624. The average molecular weight is 397 g/mol. The summed E-state index contributed by atoms with van der Waals surface area (Å²) in [6.45, 7) is 1.14. The molecule has 130 valence electrons. The van der Waals surface area contributed by atoms with Gasteiger partial charge in [-0.15, -0.1) is 11.3 Å². The minimum Gasteiger partial charge on any atom is -0.376 e. The van der Waals surface area contributed by atoms with Crippen molar-refractivity contribution in [2.75, 3.05) is 18.1 Å². The lowest BCUT2D eigenvalue weighted by atomic mass is 10.2. The molecule has 1 atom stereocenters. The summed E-state index contributed by atoms with van der Waals surface area (Å²) in [5, 5.41) is 0.547. The van der Waals surface area contributed by atoms with E-state index in [0.29, 0.717) is 37.7 Å². The Morgan fingerprint density at radius 2 is 2.24 bits per heavy atom. The number of ether oxygens (including phenoxy) is 1. The van der Waals surface area contributed by atoms with Gasteiger partial charge < -0.3 is 4.74 Å². The van der Waals surface area contributed by atoms with E-state index in [9.17, 15) is 9.18 Å². The van der Waals surface area contributed by atoms with E-state index in [4.69, 9.17) is 16.3 Å². The van der Waals surface area contributed by atoms with E-state index >= 15 is 0 Å². The lowest BCUT2D eigenvalue weighted by Crippen LogP contribution is -2.37. The number of fused-ring (bicyclic) bond motifs is 1. The fourth-order valence-corrected chi connectivity index (χ4v) is 4.79. The molecular formula is C17H14ClFN2O2S2. The summed E-state index contributed by atoms with van der Waals surface area (Å²) >= 11 is 8.51. The van der Waals surface area contributed by atoms with E-state index in [1.807, 2.05) is 0 Å². The van der Waals surface area contributed by atoms with Crippen LogP contribution in [0.25, 0.3) is 10.2 Å². The summed E-state index contributed by atoms with van der Waals surface area (Å²) in [6.07, 6.45) is 1.89. The monoisotopic (exact) mass is 396 g/mol. The van der Waals surface area contributed by atoms with Crippen molar-refractivity contribution in [3.8, 4) is 0 Å². The van der Waals surface area contributed by atoms with Gasteiger partial charge in [0.15, 0.2) is 5.13 Å². The number of aromatic nitrogens is 1. The van der Waals surface area contributed by atoms with Gasteiger partial charge in [0.25, 0.3) is 5.91 Å². The zero-order valence-electron chi connectivity index (χ0n) is 13.1. The Labute approximate surface area is 156 Å². The van der Waals surface area contributed by atoms with Crippen molar-refractivity contribution in [1.29, 1.82) is 0 Å². The molecule has 1 saturated heterocycles. The fraction of sp³-hybridized carbons (Fsp3) is 0.294. The standard InChI is InChI=1S/C17H14ClFN2O2S2/c18-15-6-5-13(24-15)16(22)21(9-11-2-1-7-23-11)17-20-12-4-3-10(19)8-14(12)25-17/h3-6,8,11H,1-2,7,9H2. The molecule has 0 aliphatic carbocycles. The smallest absolute Gasteiger partial charge is 0.270 e. The van der Waals surface area contributed by atoms with Crippen LogP contribution in [0.2, 0.25) is 4.34 Å². The molecule has 0 spiro atoms. The van der Waals surface area contributed by atoms with Gasteiger partial charge in [-0.2, -0.15) is 0 Å². The summed E-state index contributed by atoms with van der Waals surface area (Å²) in [7, 11) is 0. The molecule has 4 rings (SSSR count). The van der Waals surface area contributed by atoms with Crippen molar-refractivity contribution >= 4 is 55.5 Å². The molecule has 1 fully saturated rings. The number of amides is 1. The first-order valence-electron chi connectivity index (χ1n) is 7.85. The molecule has 1 aromatic carbocycles. The molecule has 8 heteroatoms. The number of thiophene rings is 1. The van der Waals surface area contributed by atoms with Gasteiger partial charge in [-0.1, -0.05) is 22.9 Å². The molecule has 1 amide bonds. The van der Waals surface area contributed by atoms with E-state index in [2.05, 4.69) is 4.98 Å². The highest BCUT2D eigenvalue weighted by Gasteiger charge is 2.27.